The molecule has 0 N–H and O–H groups in total. The molecular formula is C13H17NS. The molecule has 0 radical (unpaired) electrons. The Morgan fingerprint density at radius 1 is 1.27 bits per heavy atom. The lowest BCUT2D eigenvalue weighted by Crippen LogP contribution is -1.90. The molecule has 1 aromatic carbocycles. The van der Waals surface area contributed by atoms with E-state index in [9.17, 15) is 0 Å². The molecule has 1 aromatic rings. The Hall–Kier alpha value is -1.02. The number of aryl methyl sites for hydroxylation is 1. The summed E-state index contributed by atoms with van der Waals surface area (Å²) in [6.45, 7) is 12.1. The maximum absolute atomic E-state index is 4.39. The predicted molar refractivity (Wildman–Crippen MR) is 70.5 cm³/mol. The van der Waals surface area contributed by atoms with Crippen molar-refractivity contribution in [3.05, 3.63) is 34.7 Å². The van der Waals surface area contributed by atoms with E-state index in [-0.39, 0.29) is 0 Å². The van der Waals surface area contributed by atoms with Crippen molar-refractivity contribution >= 4 is 23.7 Å². The topological polar surface area (TPSA) is 12.4 Å². The van der Waals surface area contributed by atoms with E-state index in [1.807, 2.05) is 18.5 Å². The summed E-state index contributed by atoms with van der Waals surface area (Å²) in [5.74, 6) is 0. The van der Waals surface area contributed by atoms with Crippen LogP contribution in [-0.2, 0) is 0 Å². The number of benzene rings is 1. The largest absolute Gasteiger partial charge is 0.260 e. The summed E-state index contributed by atoms with van der Waals surface area (Å²) in [6.07, 6.45) is 1.83. The highest BCUT2D eigenvalue weighted by atomic mass is 32.2. The SMILES string of the molecule is C=CSc1c(/N=C/C)cc(C)c(C)c1C. The fourth-order valence-electron chi connectivity index (χ4n) is 1.50. The summed E-state index contributed by atoms with van der Waals surface area (Å²) < 4.78 is 0. The first kappa shape index (κ1) is 12.1. The van der Waals surface area contributed by atoms with E-state index in [2.05, 4.69) is 38.4 Å². The van der Waals surface area contributed by atoms with Crippen molar-refractivity contribution in [3.8, 4) is 0 Å². The number of hydrogen-bond acceptors (Lipinski definition) is 2. The number of thioether (sulfide) groups is 1. The van der Waals surface area contributed by atoms with Crippen molar-refractivity contribution in [3.63, 3.8) is 0 Å². The van der Waals surface area contributed by atoms with Gasteiger partial charge in [-0.3, -0.25) is 4.99 Å². The van der Waals surface area contributed by atoms with Gasteiger partial charge in [-0.05, 0) is 55.9 Å². The molecule has 0 aliphatic rings. The van der Waals surface area contributed by atoms with E-state index in [1.165, 1.54) is 21.6 Å². The second kappa shape index (κ2) is 5.17. The van der Waals surface area contributed by atoms with Gasteiger partial charge in [-0.2, -0.15) is 0 Å². The van der Waals surface area contributed by atoms with Crippen molar-refractivity contribution < 1.29 is 0 Å². The molecule has 0 fully saturated rings. The zero-order chi connectivity index (χ0) is 11.4. The van der Waals surface area contributed by atoms with Crippen molar-refractivity contribution in [1.29, 1.82) is 0 Å². The van der Waals surface area contributed by atoms with Crippen molar-refractivity contribution in [2.75, 3.05) is 0 Å². The fraction of sp³-hybridized carbons (Fsp3) is 0.308. The first-order valence-electron chi connectivity index (χ1n) is 4.98. The highest BCUT2D eigenvalue weighted by Crippen LogP contribution is 2.36. The summed E-state index contributed by atoms with van der Waals surface area (Å²) in [5.41, 5.74) is 4.99. The number of hydrogen-bond donors (Lipinski definition) is 0. The first-order valence-corrected chi connectivity index (χ1v) is 5.86. The third kappa shape index (κ3) is 2.51. The summed E-state index contributed by atoms with van der Waals surface area (Å²) in [5, 5.41) is 1.85. The molecule has 1 rings (SSSR count). The second-order valence-electron chi connectivity index (χ2n) is 3.46. The van der Waals surface area contributed by atoms with E-state index in [0.717, 1.165) is 5.69 Å². The molecule has 0 saturated heterocycles. The van der Waals surface area contributed by atoms with Crippen LogP contribution in [0.4, 0.5) is 5.69 Å². The first-order chi connectivity index (χ1) is 7.11. The molecular weight excluding hydrogens is 202 g/mol. The molecule has 80 valence electrons. The van der Waals surface area contributed by atoms with Gasteiger partial charge in [0.05, 0.1) is 5.69 Å². The highest BCUT2D eigenvalue weighted by molar-refractivity contribution is 8.02. The molecule has 0 bridgehead atoms. The summed E-state index contributed by atoms with van der Waals surface area (Å²) in [4.78, 5) is 5.61. The molecule has 1 nitrogen and oxygen atoms in total. The van der Waals surface area contributed by atoms with Gasteiger partial charge in [0.1, 0.15) is 0 Å². The molecule has 0 aliphatic carbocycles. The molecule has 0 saturated carbocycles. The Bertz CT molecular complexity index is 405. The van der Waals surface area contributed by atoms with Gasteiger partial charge in [0.15, 0.2) is 0 Å². The van der Waals surface area contributed by atoms with Crippen molar-refractivity contribution in [1.82, 2.24) is 0 Å². The van der Waals surface area contributed by atoms with Gasteiger partial charge < -0.3 is 0 Å². The van der Waals surface area contributed by atoms with E-state index >= 15 is 0 Å². The molecule has 0 spiro atoms. The number of rotatable bonds is 3. The van der Waals surface area contributed by atoms with E-state index < -0.39 is 0 Å². The molecule has 0 amide bonds. The minimum absolute atomic E-state index is 1.04. The van der Waals surface area contributed by atoms with Crippen LogP contribution in [0.5, 0.6) is 0 Å². The van der Waals surface area contributed by atoms with Crippen molar-refractivity contribution in [2.45, 2.75) is 32.6 Å². The monoisotopic (exact) mass is 219 g/mol. The molecule has 0 aliphatic heterocycles. The third-order valence-corrected chi connectivity index (χ3v) is 3.47. The van der Waals surface area contributed by atoms with Crippen LogP contribution in [0.1, 0.15) is 23.6 Å². The summed E-state index contributed by atoms with van der Waals surface area (Å²) >= 11 is 1.64. The van der Waals surface area contributed by atoms with Gasteiger partial charge in [-0.15, -0.1) is 0 Å². The minimum Gasteiger partial charge on any atom is -0.260 e. The van der Waals surface area contributed by atoms with E-state index in [4.69, 9.17) is 0 Å². The average Bonchev–Trinajstić information content (AvgIpc) is 2.21. The van der Waals surface area contributed by atoms with Crippen LogP contribution in [-0.4, -0.2) is 6.21 Å². The van der Waals surface area contributed by atoms with Crippen LogP contribution in [0.15, 0.2) is 27.9 Å². The lowest BCUT2D eigenvalue weighted by molar-refractivity contribution is 1.18. The zero-order valence-corrected chi connectivity index (χ0v) is 10.6. The second-order valence-corrected chi connectivity index (χ2v) is 4.44. The van der Waals surface area contributed by atoms with Gasteiger partial charge in [0.2, 0.25) is 0 Å². The maximum atomic E-state index is 4.39. The smallest absolute Gasteiger partial charge is 0.0770 e. The maximum Gasteiger partial charge on any atom is 0.0770 e. The Morgan fingerprint density at radius 3 is 2.47 bits per heavy atom. The predicted octanol–water partition coefficient (Wildman–Crippen LogP) is 4.57. The molecule has 0 unspecified atom stereocenters. The Kier molecular flexibility index (Phi) is 4.15. The van der Waals surface area contributed by atoms with Gasteiger partial charge in [-0.25, -0.2) is 0 Å². The van der Waals surface area contributed by atoms with E-state index in [0.29, 0.717) is 0 Å². The lowest BCUT2D eigenvalue weighted by atomic mass is 10.0. The lowest BCUT2D eigenvalue weighted by Gasteiger charge is -2.12. The Balaban J connectivity index is 3.42. The molecule has 0 aromatic heterocycles. The summed E-state index contributed by atoms with van der Waals surface area (Å²) in [7, 11) is 0. The third-order valence-electron chi connectivity index (χ3n) is 2.55. The van der Waals surface area contributed by atoms with Crippen LogP contribution in [0.3, 0.4) is 0 Å². The Labute approximate surface area is 96.3 Å². The van der Waals surface area contributed by atoms with Crippen LogP contribution < -0.4 is 0 Å². The fourth-order valence-corrected chi connectivity index (χ4v) is 2.23. The molecule has 2 heteroatoms. The average molecular weight is 219 g/mol. The van der Waals surface area contributed by atoms with E-state index in [1.54, 1.807) is 11.8 Å². The van der Waals surface area contributed by atoms with Crippen LogP contribution in [0, 0.1) is 20.8 Å². The standard InChI is InChI=1S/C13H17NS/c1-6-14-12-8-9(3)10(4)11(5)13(12)15-7-2/h6-8H,2H2,1,3-5H3/b14-6+. The van der Waals surface area contributed by atoms with Crippen molar-refractivity contribution in [2.24, 2.45) is 4.99 Å². The normalized spacial score (nSPS) is 10.9. The number of nitrogens with zero attached hydrogens (tertiary/aromatic N) is 1. The minimum atomic E-state index is 1.04. The molecule has 0 heterocycles. The quantitative estimate of drug-likeness (QED) is 0.536. The van der Waals surface area contributed by atoms with Gasteiger partial charge in [0.25, 0.3) is 0 Å². The molecule has 0 atom stereocenters. The number of aliphatic imine (C=N–C) groups is 1. The Morgan fingerprint density at radius 2 is 1.93 bits per heavy atom. The van der Waals surface area contributed by atoms with Crippen LogP contribution >= 0.6 is 11.8 Å². The highest BCUT2D eigenvalue weighted by Gasteiger charge is 2.09. The van der Waals surface area contributed by atoms with Gasteiger partial charge >= 0.3 is 0 Å². The summed E-state index contributed by atoms with van der Waals surface area (Å²) in [6, 6.07) is 2.13. The van der Waals surface area contributed by atoms with Crippen LogP contribution in [0.2, 0.25) is 0 Å². The van der Waals surface area contributed by atoms with Gasteiger partial charge in [0, 0.05) is 11.1 Å². The zero-order valence-electron chi connectivity index (χ0n) is 9.79. The molecule has 15 heavy (non-hydrogen) atoms. The van der Waals surface area contributed by atoms with Crippen LogP contribution in [0.25, 0.3) is 0 Å². The van der Waals surface area contributed by atoms with Gasteiger partial charge in [-0.1, -0.05) is 18.3 Å².